The van der Waals surface area contributed by atoms with E-state index in [1.54, 1.807) is 11.9 Å². The zero-order valence-corrected chi connectivity index (χ0v) is 13.0. The molecule has 5 nitrogen and oxygen atoms in total. The average Bonchev–Trinajstić information content (AvgIpc) is 2.87. The minimum atomic E-state index is -0.342. The van der Waals surface area contributed by atoms with Crippen LogP contribution in [0.5, 0.6) is 0 Å². The minimum Gasteiger partial charge on any atom is -0.312 e. The maximum Gasteiger partial charge on any atom is 0.251 e. The summed E-state index contributed by atoms with van der Waals surface area (Å²) in [5.41, 5.74) is 2.05. The Kier molecular flexibility index (Phi) is 4.63. The van der Waals surface area contributed by atoms with Crippen molar-refractivity contribution in [1.29, 1.82) is 0 Å². The average molecular weight is 290 g/mol. The molecule has 1 aliphatic heterocycles. The number of hydrogen-bond acceptors (Lipinski definition) is 3. The Bertz CT molecular complexity index is 542. The van der Waals surface area contributed by atoms with Gasteiger partial charge in [-0.15, -0.1) is 0 Å². The van der Waals surface area contributed by atoms with Crippen LogP contribution in [-0.2, 0) is 14.4 Å². The molecule has 2 amide bonds. The Morgan fingerprint density at radius 3 is 2.76 bits per heavy atom. The van der Waals surface area contributed by atoms with Crippen LogP contribution in [0.2, 0.25) is 0 Å². The van der Waals surface area contributed by atoms with Crippen LogP contribution in [0.15, 0.2) is 24.3 Å². The Labute approximate surface area is 125 Å². The van der Waals surface area contributed by atoms with Gasteiger partial charge in [-0.25, -0.2) is 5.06 Å². The first kappa shape index (κ1) is 15.5. The second-order valence-corrected chi connectivity index (χ2v) is 5.67. The molecule has 1 atom stereocenters. The topological polar surface area (TPSA) is 49.9 Å². The molecule has 1 aromatic carbocycles. The maximum absolute atomic E-state index is 12.2. The number of rotatable bonds is 4. The smallest absolute Gasteiger partial charge is 0.251 e. The zero-order chi connectivity index (χ0) is 15.6. The summed E-state index contributed by atoms with van der Waals surface area (Å²) in [6, 6.07) is 7.94. The van der Waals surface area contributed by atoms with E-state index in [-0.39, 0.29) is 24.2 Å². The number of nitrogens with zero attached hydrogens (tertiary/aromatic N) is 2. The van der Waals surface area contributed by atoms with E-state index >= 15 is 0 Å². The summed E-state index contributed by atoms with van der Waals surface area (Å²) in [4.78, 5) is 30.9. The molecule has 114 valence electrons. The van der Waals surface area contributed by atoms with Crippen molar-refractivity contribution in [3.8, 4) is 0 Å². The highest BCUT2D eigenvalue weighted by atomic mass is 16.7. The fourth-order valence-electron chi connectivity index (χ4n) is 2.52. The lowest BCUT2D eigenvalue weighted by Gasteiger charge is -2.20. The van der Waals surface area contributed by atoms with Gasteiger partial charge in [-0.1, -0.05) is 26.0 Å². The lowest BCUT2D eigenvalue weighted by Crippen LogP contribution is -2.34. The van der Waals surface area contributed by atoms with Gasteiger partial charge < -0.3 is 4.90 Å². The molecule has 5 heteroatoms. The number of hydrogen-bond donors (Lipinski definition) is 0. The molecule has 2 rings (SSSR count). The lowest BCUT2D eigenvalue weighted by molar-refractivity contribution is -0.172. The summed E-state index contributed by atoms with van der Waals surface area (Å²) in [7, 11) is 3.01. The number of hydroxylamine groups is 2. The van der Waals surface area contributed by atoms with E-state index in [9.17, 15) is 9.59 Å². The maximum atomic E-state index is 12.2. The summed E-state index contributed by atoms with van der Waals surface area (Å²) in [6.07, 6.45) is 0.235. The third-order valence-electron chi connectivity index (χ3n) is 3.91. The van der Waals surface area contributed by atoms with Crippen LogP contribution >= 0.6 is 0 Å². The molecule has 1 heterocycles. The number of carbonyl (C=O) groups excluding carboxylic acids is 2. The SMILES string of the molecule is CON(C)C(=O)[C@@H]1CC(=O)N(c2cccc(C(C)C)c2)C1. The number of anilines is 1. The van der Waals surface area contributed by atoms with Gasteiger partial charge in [0.25, 0.3) is 5.91 Å². The van der Waals surface area contributed by atoms with Gasteiger partial charge in [0.1, 0.15) is 0 Å². The Morgan fingerprint density at radius 2 is 2.14 bits per heavy atom. The van der Waals surface area contributed by atoms with Crippen LogP contribution in [0.1, 0.15) is 31.7 Å². The molecule has 0 unspecified atom stereocenters. The van der Waals surface area contributed by atoms with E-state index in [0.29, 0.717) is 12.5 Å². The molecular weight excluding hydrogens is 268 g/mol. The fourth-order valence-corrected chi connectivity index (χ4v) is 2.52. The van der Waals surface area contributed by atoms with E-state index < -0.39 is 0 Å². The van der Waals surface area contributed by atoms with Crippen LogP contribution < -0.4 is 4.90 Å². The summed E-state index contributed by atoms with van der Waals surface area (Å²) in [5.74, 6) is -0.114. The molecule has 1 saturated heterocycles. The van der Waals surface area contributed by atoms with E-state index in [0.717, 1.165) is 5.69 Å². The van der Waals surface area contributed by atoms with Gasteiger partial charge in [0.05, 0.1) is 13.0 Å². The molecule has 0 N–H and O–H groups in total. The molecule has 1 fully saturated rings. The van der Waals surface area contributed by atoms with E-state index in [1.165, 1.54) is 17.7 Å². The molecule has 0 saturated carbocycles. The second kappa shape index (κ2) is 6.26. The summed E-state index contributed by atoms with van der Waals surface area (Å²) in [6.45, 7) is 4.64. The van der Waals surface area contributed by atoms with Gasteiger partial charge >= 0.3 is 0 Å². The third-order valence-corrected chi connectivity index (χ3v) is 3.91. The number of benzene rings is 1. The first-order valence-electron chi connectivity index (χ1n) is 7.16. The molecule has 0 aliphatic carbocycles. The first-order valence-corrected chi connectivity index (χ1v) is 7.16. The molecule has 0 aromatic heterocycles. The Hall–Kier alpha value is -1.88. The highest BCUT2D eigenvalue weighted by Crippen LogP contribution is 2.28. The lowest BCUT2D eigenvalue weighted by atomic mass is 10.0. The standard InChI is InChI=1S/C16H22N2O3/c1-11(2)12-6-5-7-14(8-12)18-10-13(9-15(18)19)16(20)17(3)21-4/h5-8,11,13H,9-10H2,1-4H3/t13-/m1/s1. The van der Waals surface area contributed by atoms with Crippen LogP contribution in [0.3, 0.4) is 0 Å². The molecular formula is C16H22N2O3. The van der Waals surface area contributed by atoms with Crippen molar-refractivity contribution < 1.29 is 14.4 Å². The highest BCUT2D eigenvalue weighted by molar-refractivity contribution is 6.00. The van der Waals surface area contributed by atoms with Gasteiger partial charge in [-0.2, -0.15) is 0 Å². The highest BCUT2D eigenvalue weighted by Gasteiger charge is 2.36. The van der Waals surface area contributed by atoms with Gasteiger partial charge in [0.15, 0.2) is 0 Å². The van der Waals surface area contributed by atoms with Gasteiger partial charge in [0, 0.05) is 25.7 Å². The molecule has 0 spiro atoms. The molecule has 21 heavy (non-hydrogen) atoms. The van der Waals surface area contributed by atoms with Crippen molar-refractivity contribution >= 4 is 17.5 Å². The van der Waals surface area contributed by atoms with Crippen molar-refractivity contribution in [2.75, 3.05) is 25.6 Å². The monoisotopic (exact) mass is 290 g/mol. The molecule has 1 aliphatic rings. The summed E-state index contributed by atoms with van der Waals surface area (Å²) >= 11 is 0. The predicted octanol–water partition coefficient (Wildman–Crippen LogP) is 2.18. The second-order valence-electron chi connectivity index (χ2n) is 5.67. The van der Waals surface area contributed by atoms with E-state index in [2.05, 4.69) is 19.9 Å². The van der Waals surface area contributed by atoms with E-state index in [4.69, 9.17) is 4.84 Å². The van der Waals surface area contributed by atoms with Crippen molar-refractivity contribution in [2.24, 2.45) is 5.92 Å². The van der Waals surface area contributed by atoms with Crippen LogP contribution in [0, 0.1) is 5.92 Å². The van der Waals surface area contributed by atoms with Crippen molar-refractivity contribution in [3.63, 3.8) is 0 Å². The van der Waals surface area contributed by atoms with Gasteiger partial charge in [0.2, 0.25) is 5.91 Å². The van der Waals surface area contributed by atoms with Crippen LogP contribution in [0.25, 0.3) is 0 Å². The minimum absolute atomic E-state index is 0.0150. The zero-order valence-electron chi connectivity index (χ0n) is 13.0. The Balaban J connectivity index is 2.17. The Morgan fingerprint density at radius 1 is 1.43 bits per heavy atom. The quantitative estimate of drug-likeness (QED) is 0.799. The largest absolute Gasteiger partial charge is 0.312 e. The fraction of sp³-hybridized carbons (Fsp3) is 0.500. The van der Waals surface area contributed by atoms with Crippen LogP contribution in [-0.4, -0.2) is 37.6 Å². The van der Waals surface area contributed by atoms with Gasteiger partial charge in [-0.05, 0) is 23.6 Å². The summed E-state index contributed by atoms with van der Waals surface area (Å²) in [5, 5.41) is 1.19. The van der Waals surface area contributed by atoms with Crippen molar-refractivity contribution in [1.82, 2.24) is 5.06 Å². The molecule has 0 radical (unpaired) electrons. The van der Waals surface area contributed by atoms with Crippen molar-refractivity contribution in [2.45, 2.75) is 26.2 Å². The third kappa shape index (κ3) is 3.24. The normalized spacial score (nSPS) is 18.4. The number of amides is 2. The number of carbonyl (C=O) groups is 2. The summed E-state index contributed by atoms with van der Waals surface area (Å²) < 4.78 is 0. The molecule has 0 bridgehead atoms. The van der Waals surface area contributed by atoms with E-state index in [1.807, 2.05) is 18.2 Å². The van der Waals surface area contributed by atoms with Gasteiger partial charge in [-0.3, -0.25) is 14.4 Å². The molecule has 1 aromatic rings. The first-order chi connectivity index (χ1) is 9.93. The van der Waals surface area contributed by atoms with Crippen LogP contribution in [0.4, 0.5) is 5.69 Å². The van der Waals surface area contributed by atoms with Crippen molar-refractivity contribution in [3.05, 3.63) is 29.8 Å². The predicted molar refractivity (Wildman–Crippen MR) is 80.8 cm³/mol.